The van der Waals surface area contributed by atoms with E-state index in [1.165, 1.54) is 25.3 Å². The van der Waals surface area contributed by atoms with E-state index in [1.807, 2.05) is 0 Å². The van der Waals surface area contributed by atoms with Gasteiger partial charge in [0.15, 0.2) is 0 Å². The van der Waals surface area contributed by atoms with Crippen molar-refractivity contribution in [1.29, 1.82) is 0 Å². The maximum Gasteiger partial charge on any atom is 0.338 e. The molecular formula is C8H7NO4. The number of carboxylic acids is 1. The topological polar surface area (TPSA) is 76.0 Å². The van der Waals surface area contributed by atoms with E-state index < -0.39 is 5.97 Å². The van der Waals surface area contributed by atoms with Crippen LogP contribution in [0.3, 0.4) is 0 Å². The van der Waals surface area contributed by atoms with Crippen LogP contribution in [0.1, 0.15) is 10.4 Å². The quantitative estimate of drug-likeness (QED) is 0.721. The second-order valence-electron chi connectivity index (χ2n) is 2.28. The lowest BCUT2D eigenvalue weighted by Gasteiger charge is -2.01. The van der Waals surface area contributed by atoms with E-state index in [4.69, 9.17) is 9.84 Å². The molecule has 0 aliphatic rings. The predicted molar refractivity (Wildman–Crippen MR) is 45.4 cm³/mol. The molecule has 0 aliphatic carbocycles. The van der Waals surface area contributed by atoms with Crippen LogP contribution in [-0.2, 0) is 0 Å². The van der Waals surface area contributed by atoms with Crippen molar-refractivity contribution in [2.75, 3.05) is 7.11 Å². The van der Waals surface area contributed by atoms with E-state index in [0.717, 1.165) is 0 Å². The molecule has 0 spiro atoms. The van der Waals surface area contributed by atoms with Gasteiger partial charge in [0, 0.05) is 0 Å². The first-order valence-electron chi connectivity index (χ1n) is 3.43. The molecule has 13 heavy (non-hydrogen) atoms. The number of nitrogens with zero attached hydrogens (tertiary/aromatic N) is 1. The van der Waals surface area contributed by atoms with Crippen molar-refractivity contribution in [3.8, 4) is 5.75 Å². The molecule has 0 fully saturated rings. The van der Waals surface area contributed by atoms with E-state index in [-0.39, 0.29) is 11.3 Å². The molecule has 0 atom stereocenters. The summed E-state index contributed by atoms with van der Waals surface area (Å²) >= 11 is 0. The largest absolute Gasteiger partial charge is 0.497 e. The van der Waals surface area contributed by atoms with Gasteiger partial charge in [-0.05, 0) is 23.4 Å². The Bertz CT molecular complexity index is 348. The van der Waals surface area contributed by atoms with Crippen LogP contribution < -0.4 is 4.74 Å². The first-order chi connectivity index (χ1) is 6.19. The minimum absolute atomic E-state index is 0.103. The highest BCUT2D eigenvalue weighted by molar-refractivity contribution is 5.93. The Hall–Kier alpha value is -1.91. The Kier molecular flexibility index (Phi) is 2.59. The summed E-state index contributed by atoms with van der Waals surface area (Å²) in [5.41, 5.74) is -0.261. The van der Waals surface area contributed by atoms with Crippen molar-refractivity contribution in [2.45, 2.75) is 0 Å². The first-order valence-corrected chi connectivity index (χ1v) is 3.43. The van der Waals surface area contributed by atoms with Gasteiger partial charge in [-0.2, -0.15) is 0 Å². The average molecular weight is 181 g/mol. The zero-order chi connectivity index (χ0) is 9.84. The number of aromatic carboxylic acids is 1. The summed E-state index contributed by atoms with van der Waals surface area (Å²) in [6.07, 6.45) is 0. The Labute approximate surface area is 73.9 Å². The standard InChI is InChI=1S/C8H7NO4/c1-13-5-2-3-7(9-12)6(4-5)8(10)11/h2-4H,1H3,(H,10,11). The first kappa shape index (κ1) is 9.18. The van der Waals surface area contributed by atoms with Crippen molar-refractivity contribution in [1.82, 2.24) is 0 Å². The molecule has 0 saturated heterocycles. The van der Waals surface area contributed by atoms with E-state index in [1.54, 1.807) is 0 Å². The van der Waals surface area contributed by atoms with Crippen LogP contribution in [0.25, 0.3) is 0 Å². The van der Waals surface area contributed by atoms with Gasteiger partial charge in [0.1, 0.15) is 11.4 Å². The van der Waals surface area contributed by atoms with E-state index >= 15 is 0 Å². The third-order valence-corrected chi connectivity index (χ3v) is 1.53. The maximum absolute atomic E-state index is 10.6. The summed E-state index contributed by atoms with van der Waals surface area (Å²) < 4.78 is 4.80. The monoisotopic (exact) mass is 181 g/mol. The highest BCUT2D eigenvalue weighted by Crippen LogP contribution is 2.23. The summed E-state index contributed by atoms with van der Waals surface area (Å²) in [5.74, 6) is -0.821. The zero-order valence-electron chi connectivity index (χ0n) is 6.85. The number of methoxy groups -OCH3 is 1. The molecule has 5 heteroatoms. The van der Waals surface area contributed by atoms with E-state index in [0.29, 0.717) is 5.75 Å². The van der Waals surface area contributed by atoms with Crippen LogP contribution in [0.5, 0.6) is 5.75 Å². The van der Waals surface area contributed by atoms with Gasteiger partial charge < -0.3 is 9.84 Å². The molecule has 1 aromatic carbocycles. The number of hydrogen-bond donors (Lipinski definition) is 1. The van der Waals surface area contributed by atoms with Gasteiger partial charge in [0.25, 0.3) is 0 Å². The van der Waals surface area contributed by atoms with Gasteiger partial charge in [0.2, 0.25) is 0 Å². The number of hydrogen-bond acceptors (Lipinski definition) is 4. The number of benzene rings is 1. The van der Waals surface area contributed by atoms with Crippen LogP contribution in [-0.4, -0.2) is 18.2 Å². The lowest BCUT2D eigenvalue weighted by atomic mass is 10.2. The summed E-state index contributed by atoms with van der Waals surface area (Å²) in [7, 11) is 1.41. The molecule has 0 heterocycles. The molecule has 0 aromatic heterocycles. The van der Waals surface area contributed by atoms with Crippen molar-refractivity contribution < 1.29 is 14.6 Å². The minimum atomic E-state index is -1.20. The Morgan fingerprint density at radius 3 is 2.69 bits per heavy atom. The van der Waals surface area contributed by atoms with Gasteiger partial charge in [0.05, 0.1) is 12.7 Å². The summed E-state index contributed by atoms with van der Waals surface area (Å²) in [6, 6.07) is 4.03. The van der Waals surface area contributed by atoms with Crippen LogP contribution in [0.4, 0.5) is 5.69 Å². The zero-order valence-corrected chi connectivity index (χ0v) is 6.85. The summed E-state index contributed by atoms with van der Waals surface area (Å²) in [6.45, 7) is 0. The second kappa shape index (κ2) is 3.66. The molecule has 1 aromatic rings. The SMILES string of the molecule is COc1ccc(N=O)c(C(=O)O)c1. The highest BCUT2D eigenvalue weighted by Gasteiger charge is 2.11. The number of carbonyl (C=O) groups is 1. The maximum atomic E-state index is 10.6. The van der Waals surface area contributed by atoms with Gasteiger partial charge in [-0.1, -0.05) is 0 Å². The molecule has 0 aliphatic heterocycles. The van der Waals surface area contributed by atoms with Crippen molar-refractivity contribution in [3.05, 3.63) is 28.7 Å². The van der Waals surface area contributed by atoms with Crippen LogP contribution >= 0.6 is 0 Å². The number of nitroso groups, excluding NO2 is 1. The van der Waals surface area contributed by atoms with Crippen molar-refractivity contribution in [2.24, 2.45) is 5.18 Å². The van der Waals surface area contributed by atoms with Crippen LogP contribution in [0, 0.1) is 4.91 Å². The number of ether oxygens (including phenoxy) is 1. The van der Waals surface area contributed by atoms with Crippen LogP contribution in [0.2, 0.25) is 0 Å². The summed E-state index contributed by atoms with van der Waals surface area (Å²) in [5, 5.41) is 11.2. The lowest BCUT2D eigenvalue weighted by Crippen LogP contribution is -1.97. The minimum Gasteiger partial charge on any atom is -0.497 e. The third kappa shape index (κ3) is 1.81. The molecule has 0 bridgehead atoms. The van der Waals surface area contributed by atoms with E-state index in [9.17, 15) is 9.70 Å². The molecule has 1 N–H and O–H groups in total. The number of rotatable bonds is 3. The van der Waals surface area contributed by atoms with Gasteiger partial charge in [-0.25, -0.2) is 4.79 Å². The molecule has 0 amide bonds. The fourth-order valence-electron chi connectivity index (χ4n) is 0.893. The van der Waals surface area contributed by atoms with Crippen LogP contribution in [0.15, 0.2) is 23.4 Å². The smallest absolute Gasteiger partial charge is 0.338 e. The average Bonchev–Trinajstić information content (AvgIpc) is 2.16. The Balaban J connectivity index is 3.25. The molecule has 1 rings (SSSR count). The van der Waals surface area contributed by atoms with E-state index in [2.05, 4.69) is 5.18 Å². The molecule has 68 valence electrons. The Morgan fingerprint density at radius 1 is 1.54 bits per heavy atom. The Morgan fingerprint density at radius 2 is 2.23 bits per heavy atom. The predicted octanol–water partition coefficient (Wildman–Crippen LogP) is 1.79. The highest BCUT2D eigenvalue weighted by atomic mass is 16.5. The molecule has 0 unspecified atom stereocenters. The number of carboxylic acid groups (broad SMARTS) is 1. The normalized spacial score (nSPS) is 9.31. The molecule has 0 radical (unpaired) electrons. The van der Waals surface area contributed by atoms with Gasteiger partial charge in [-0.15, -0.1) is 4.91 Å². The van der Waals surface area contributed by atoms with Crippen molar-refractivity contribution in [3.63, 3.8) is 0 Å². The fourth-order valence-corrected chi connectivity index (χ4v) is 0.893. The third-order valence-electron chi connectivity index (χ3n) is 1.53. The lowest BCUT2D eigenvalue weighted by molar-refractivity contribution is 0.0697. The second-order valence-corrected chi connectivity index (χ2v) is 2.28. The van der Waals surface area contributed by atoms with Gasteiger partial charge >= 0.3 is 5.97 Å². The van der Waals surface area contributed by atoms with Crippen molar-refractivity contribution >= 4 is 11.7 Å². The summed E-state index contributed by atoms with van der Waals surface area (Å²) in [4.78, 5) is 20.8. The molecular weight excluding hydrogens is 174 g/mol. The van der Waals surface area contributed by atoms with Gasteiger partial charge in [-0.3, -0.25) is 0 Å². The molecule has 5 nitrogen and oxygen atoms in total. The fraction of sp³-hybridized carbons (Fsp3) is 0.125. The molecule has 0 saturated carbocycles.